The summed E-state index contributed by atoms with van der Waals surface area (Å²) in [5.41, 5.74) is 2.66. The zero-order valence-corrected chi connectivity index (χ0v) is 18.5. The summed E-state index contributed by atoms with van der Waals surface area (Å²) in [6.07, 6.45) is 5.72. The number of imidazole rings is 1. The molecule has 0 aliphatic heterocycles. The van der Waals surface area contributed by atoms with Crippen LogP contribution in [-0.4, -0.2) is 36.3 Å². The minimum Gasteiger partial charge on any atom is -0.473 e. The maximum atomic E-state index is 9.10. The molecule has 0 aliphatic rings. The fraction of sp³-hybridized carbons (Fsp3) is 0.190. The molecule has 0 saturated carbocycles. The molecule has 0 fully saturated rings. The van der Waals surface area contributed by atoms with Gasteiger partial charge in [-0.15, -0.1) is 23.5 Å². The number of carbonyl (C=O) groups is 2. The molecular formula is C21H21ClN2O4S2. The third-order valence-electron chi connectivity index (χ3n) is 3.74. The molecule has 1 atom stereocenters. The van der Waals surface area contributed by atoms with E-state index >= 15 is 0 Å². The SMILES string of the molecule is Cc1ccc(CSC(Cn2ccnc2)Sc2ccc(Cl)cc2)cc1.O=C(O)C(=O)O. The van der Waals surface area contributed by atoms with Gasteiger partial charge in [0, 0.05) is 34.6 Å². The number of carboxylic acids is 2. The van der Waals surface area contributed by atoms with Gasteiger partial charge in [-0.25, -0.2) is 14.6 Å². The van der Waals surface area contributed by atoms with E-state index in [1.807, 2.05) is 54.4 Å². The van der Waals surface area contributed by atoms with E-state index < -0.39 is 11.9 Å². The minimum absolute atomic E-state index is 0.404. The topological polar surface area (TPSA) is 92.4 Å². The van der Waals surface area contributed by atoms with Crippen LogP contribution < -0.4 is 0 Å². The van der Waals surface area contributed by atoms with Crippen LogP contribution >= 0.6 is 35.1 Å². The highest BCUT2D eigenvalue weighted by Gasteiger charge is 2.13. The minimum atomic E-state index is -1.82. The number of aromatic nitrogens is 2. The predicted molar refractivity (Wildman–Crippen MR) is 121 cm³/mol. The lowest BCUT2D eigenvalue weighted by Crippen LogP contribution is -2.09. The first-order chi connectivity index (χ1) is 14.3. The van der Waals surface area contributed by atoms with Crippen LogP contribution in [0.1, 0.15) is 11.1 Å². The highest BCUT2D eigenvalue weighted by molar-refractivity contribution is 8.16. The van der Waals surface area contributed by atoms with Gasteiger partial charge in [-0.2, -0.15) is 0 Å². The highest BCUT2D eigenvalue weighted by Crippen LogP contribution is 2.34. The van der Waals surface area contributed by atoms with Gasteiger partial charge in [0.15, 0.2) is 0 Å². The van der Waals surface area contributed by atoms with Gasteiger partial charge in [0.25, 0.3) is 0 Å². The van der Waals surface area contributed by atoms with Gasteiger partial charge in [-0.1, -0.05) is 41.4 Å². The highest BCUT2D eigenvalue weighted by atomic mass is 35.5. The first-order valence-corrected chi connectivity index (χ1v) is 11.2. The van der Waals surface area contributed by atoms with Crippen molar-refractivity contribution in [3.63, 3.8) is 0 Å². The first kappa shape index (κ1) is 23.9. The van der Waals surface area contributed by atoms with Crippen LogP contribution in [0.5, 0.6) is 0 Å². The van der Waals surface area contributed by atoms with Crippen molar-refractivity contribution in [1.82, 2.24) is 9.55 Å². The molecule has 0 aliphatic carbocycles. The van der Waals surface area contributed by atoms with E-state index in [0.717, 1.165) is 17.3 Å². The third-order valence-corrected chi connectivity index (χ3v) is 6.67. The molecule has 1 heterocycles. The van der Waals surface area contributed by atoms with Crippen molar-refractivity contribution in [2.75, 3.05) is 0 Å². The molecule has 2 N–H and O–H groups in total. The van der Waals surface area contributed by atoms with Crippen LogP contribution in [0.25, 0.3) is 0 Å². The molecule has 2 aromatic carbocycles. The summed E-state index contributed by atoms with van der Waals surface area (Å²) in [6, 6.07) is 16.8. The molecule has 3 aromatic rings. The number of halogens is 1. The van der Waals surface area contributed by atoms with Crippen molar-refractivity contribution in [2.24, 2.45) is 0 Å². The Morgan fingerprint density at radius 1 is 1.07 bits per heavy atom. The number of hydrogen-bond acceptors (Lipinski definition) is 5. The lowest BCUT2D eigenvalue weighted by Gasteiger charge is -2.17. The number of aryl methyl sites for hydroxylation is 1. The lowest BCUT2D eigenvalue weighted by atomic mass is 10.2. The molecule has 158 valence electrons. The molecule has 1 aromatic heterocycles. The third kappa shape index (κ3) is 8.94. The monoisotopic (exact) mass is 464 g/mol. The number of benzene rings is 2. The Morgan fingerprint density at radius 3 is 2.23 bits per heavy atom. The standard InChI is InChI=1S/C19H19ClN2S2.C2H2O4/c1-15-2-4-16(5-3-15)13-23-19(12-22-11-10-21-14-22)24-18-8-6-17(20)7-9-18;3-1(4)2(5)6/h2-11,14,19H,12-13H2,1H3;(H,3,4)(H,5,6). The normalized spacial score (nSPS) is 11.3. The average molecular weight is 465 g/mol. The van der Waals surface area contributed by atoms with Gasteiger partial charge >= 0.3 is 11.9 Å². The number of nitrogens with zero attached hydrogens (tertiary/aromatic N) is 2. The Balaban J connectivity index is 0.000000469. The van der Waals surface area contributed by atoms with E-state index in [-0.39, 0.29) is 0 Å². The summed E-state index contributed by atoms with van der Waals surface area (Å²) in [5, 5.41) is 15.6. The quantitative estimate of drug-likeness (QED) is 0.287. The van der Waals surface area contributed by atoms with Gasteiger partial charge in [0.2, 0.25) is 0 Å². The second-order valence-corrected chi connectivity index (χ2v) is 9.37. The Morgan fingerprint density at radius 2 is 1.70 bits per heavy atom. The second kappa shape index (κ2) is 12.3. The summed E-state index contributed by atoms with van der Waals surface area (Å²) in [5.74, 6) is -2.65. The van der Waals surface area contributed by atoms with E-state index in [0.29, 0.717) is 4.58 Å². The molecule has 6 nitrogen and oxygen atoms in total. The van der Waals surface area contributed by atoms with E-state index in [1.54, 1.807) is 0 Å². The Bertz CT molecular complexity index is 921. The Kier molecular flexibility index (Phi) is 9.79. The second-order valence-electron chi connectivity index (χ2n) is 6.17. The predicted octanol–water partition coefficient (Wildman–Crippen LogP) is 5.05. The molecule has 0 bridgehead atoms. The Labute approximate surface area is 188 Å². The molecule has 0 radical (unpaired) electrons. The van der Waals surface area contributed by atoms with E-state index in [9.17, 15) is 0 Å². The molecule has 0 amide bonds. The Hall–Kier alpha value is -2.42. The van der Waals surface area contributed by atoms with Crippen LogP contribution in [0.4, 0.5) is 0 Å². The summed E-state index contributed by atoms with van der Waals surface area (Å²) >= 11 is 9.82. The van der Waals surface area contributed by atoms with Gasteiger partial charge in [-0.05, 0) is 36.8 Å². The fourth-order valence-electron chi connectivity index (χ4n) is 2.23. The summed E-state index contributed by atoms with van der Waals surface area (Å²) in [6.45, 7) is 3.04. The number of aliphatic carboxylic acids is 2. The lowest BCUT2D eigenvalue weighted by molar-refractivity contribution is -0.159. The number of thioether (sulfide) groups is 2. The zero-order valence-electron chi connectivity index (χ0n) is 16.1. The van der Waals surface area contributed by atoms with Crippen molar-refractivity contribution in [3.8, 4) is 0 Å². The van der Waals surface area contributed by atoms with Crippen molar-refractivity contribution in [2.45, 2.75) is 28.7 Å². The molecule has 3 rings (SSSR count). The van der Waals surface area contributed by atoms with Crippen LogP contribution in [0.15, 0.2) is 72.1 Å². The maximum absolute atomic E-state index is 9.10. The van der Waals surface area contributed by atoms with Crippen LogP contribution in [-0.2, 0) is 21.9 Å². The van der Waals surface area contributed by atoms with Gasteiger partial charge in [0.05, 0.1) is 10.9 Å². The maximum Gasteiger partial charge on any atom is 0.414 e. The smallest absolute Gasteiger partial charge is 0.414 e. The summed E-state index contributed by atoms with van der Waals surface area (Å²) in [7, 11) is 0. The fourth-order valence-corrected chi connectivity index (χ4v) is 4.86. The van der Waals surface area contributed by atoms with Crippen molar-refractivity contribution in [3.05, 3.63) is 83.4 Å². The summed E-state index contributed by atoms with van der Waals surface area (Å²) < 4.78 is 2.54. The molecule has 0 spiro atoms. The molecule has 30 heavy (non-hydrogen) atoms. The number of carboxylic acid groups (broad SMARTS) is 2. The zero-order chi connectivity index (χ0) is 21.9. The average Bonchev–Trinajstić information content (AvgIpc) is 3.22. The van der Waals surface area contributed by atoms with Crippen LogP contribution in [0.2, 0.25) is 5.02 Å². The van der Waals surface area contributed by atoms with E-state index in [4.69, 9.17) is 31.4 Å². The number of hydrogen-bond donors (Lipinski definition) is 2. The largest absolute Gasteiger partial charge is 0.473 e. The van der Waals surface area contributed by atoms with E-state index in [2.05, 4.69) is 52.9 Å². The van der Waals surface area contributed by atoms with Gasteiger partial charge in [0.1, 0.15) is 0 Å². The van der Waals surface area contributed by atoms with Crippen molar-refractivity contribution in [1.29, 1.82) is 0 Å². The number of rotatable bonds is 7. The van der Waals surface area contributed by atoms with Crippen molar-refractivity contribution >= 4 is 47.1 Å². The van der Waals surface area contributed by atoms with Crippen molar-refractivity contribution < 1.29 is 19.8 Å². The van der Waals surface area contributed by atoms with E-state index in [1.165, 1.54) is 16.0 Å². The first-order valence-electron chi connectivity index (χ1n) is 8.85. The molecular weight excluding hydrogens is 444 g/mol. The summed E-state index contributed by atoms with van der Waals surface area (Å²) in [4.78, 5) is 23.6. The van der Waals surface area contributed by atoms with Crippen LogP contribution in [0, 0.1) is 6.92 Å². The molecule has 9 heteroatoms. The van der Waals surface area contributed by atoms with Gasteiger partial charge < -0.3 is 14.8 Å². The molecule has 0 saturated heterocycles. The van der Waals surface area contributed by atoms with Crippen LogP contribution in [0.3, 0.4) is 0 Å². The molecule has 1 unspecified atom stereocenters. The van der Waals surface area contributed by atoms with Gasteiger partial charge in [-0.3, -0.25) is 0 Å².